The second kappa shape index (κ2) is 6.56. The predicted octanol–water partition coefficient (Wildman–Crippen LogP) is 1.67. The van der Waals surface area contributed by atoms with Crippen molar-refractivity contribution >= 4 is 15.7 Å². The average Bonchev–Trinajstić information content (AvgIpc) is 2.42. The van der Waals surface area contributed by atoms with Crippen LogP contribution in [-0.2, 0) is 21.3 Å². The monoisotopic (exact) mass is 298 g/mol. The van der Waals surface area contributed by atoms with Gasteiger partial charge in [-0.1, -0.05) is 12.1 Å². The molecule has 1 N–H and O–H groups in total. The van der Waals surface area contributed by atoms with Gasteiger partial charge in [0.05, 0.1) is 18.5 Å². The molecule has 0 unspecified atom stereocenters. The first-order valence-corrected chi connectivity index (χ1v) is 8.43. The Labute approximate surface area is 121 Å². The average molecular weight is 298 g/mol. The molecule has 2 rings (SSSR count). The van der Waals surface area contributed by atoms with Crippen molar-refractivity contribution in [3.05, 3.63) is 29.8 Å². The minimum absolute atomic E-state index is 0.435. The standard InChI is InChI=1S/C14H22N2O3S/c1-12(2)20(17,18)15-14-5-3-13(4-6-14)11-16-7-9-19-10-8-16/h3-6,12,15H,7-11H2,1-2H3. The van der Waals surface area contributed by atoms with Crippen LogP contribution in [0.5, 0.6) is 0 Å². The number of hydrogen-bond acceptors (Lipinski definition) is 4. The van der Waals surface area contributed by atoms with E-state index in [9.17, 15) is 8.42 Å². The fraction of sp³-hybridized carbons (Fsp3) is 0.571. The Kier molecular flexibility index (Phi) is 5.01. The first kappa shape index (κ1) is 15.3. The molecule has 112 valence electrons. The highest BCUT2D eigenvalue weighted by molar-refractivity contribution is 7.93. The molecule has 0 saturated carbocycles. The van der Waals surface area contributed by atoms with Crippen molar-refractivity contribution in [2.75, 3.05) is 31.0 Å². The molecule has 0 bridgehead atoms. The number of benzene rings is 1. The topological polar surface area (TPSA) is 58.6 Å². The first-order valence-electron chi connectivity index (χ1n) is 6.88. The summed E-state index contributed by atoms with van der Waals surface area (Å²) in [6, 6.07) is 7.56. The Morgan fingerprint density at radius 1 is 1.20 bits per heavy atom. The van der Waals surface area contributed by atoms with Gasteiger partial charge < -0.3 is 4.74 Å². The third-order valence-corrected chi connectivity index (χ3v) is 5.11. The van der Waals surface area contributed by atoms with E-state index in [4.69, 9.17) is 4.74 Å². The first-order chi connectivity index (χ1) is 9.47. The van der Waals surface area contributed by atoms with Crippen LogP contribution in [0.3, 0.4) is 0 Å². The van der Waals surface area contributed by atoms with Gasteiger partial charge in [0.1, 0.15) is 0 Å². The number of sulfonamides is 1. The molecule has 0 spiro atoms. The Hall–Kier alpha value is -1.11. The highest BCUT2D eigenvalue weighted by atomic mass is 32.2. The van der Waals surface area contributed by atoms with E-state index in [1.807, 2.05) is 24.3 Å². The van der Waals surface area contributed by atoms with Crippen LogP contribution < -0.4 is 4.72 Å². The second-order valence-electron chi connectivity index (χ2n) is 5.28. The molecule has 0 radical (unpaired) electrons. The minimum Gasteiger partial charge on any atom is -0.379 e. The molecule has 1 aliphatic rings. The van der Waals surface area contributed by atoms with Crippen LogP contribution in [0.1, 0.15) is 19.4 Å². The summed E-state index contributed by atoms with van der Waals surface area (Å²) in [7, 11) is -3.27. The molecule has 0 aromatic heterocycles. The number of anilines is 1. The van der Waals surface area contributed by atoms with Crippen LogP contribution in [0.4, 0.5) is 5.69 Å². The summed E-state index contributed by atoms with van der Waals surface area (Å²) in [6.45, 7) is 7.66. The Morgan fingerprint density at radius 3 is 2.35 bits per heavy atom. The molecule has 0 amide bonds. The van der Waals surface area contributed by atoms with Gasteiger partial charge in [-0.3, -0.25) is 9.62 Å². The normalized spacial score (nSPS) is 17.4. The van der Waals surface area contributed by atoms with Gasteiger partial charge in [-0.2, -0.15) is 0 Å². The molecule has 0 aliphatic carbocycles. The van der Waals surface area contributed by atoms with Crippen molar-refractivity contribution < 1.29 is 13.2 Å². The summed E-state index contributed by atoms with van der Waals surface area (Å²) in [6.07, 6.45) is 0. The van der Waals surface area contributed by atoms with Crippen LogP contribution in [0.25, 0.3) is 0 Å². The van der Waals surface area contributed by atoms with Crippen LogP contribution in [0.2, 0.25) is 0 Å². The number of nitrogens with one attached hydrogen (secondary N) is 1. The summed E-state index contributed by atoms with van der Waals surface area (Å²) >= 11 is 0. The van der Waals surface area contributed by atoms with Gasteiger partial charge in [-0.15, -0.1) is 0 Å². The van der Waals surface area contributed by atoms with E-state index in [1.165, 1.54) is 5.56 Å². The summed E-state index contributed by atoms with van der Waals surface area (Å²) < 4.78 is 31.4. The lowest BCUT2D eigenvalue weighted by molar-refractivity contribution is 0.0342. The van der Waals surface area contributed by atoms with Gasteiger partial charge in [-0.05, 0) is 31.5 Å². The van der Waals surface area contributed by atoms with Gasteiger partial charge in [0.2, 0.25) is 10.0 Å². The van der Waals surface area contributed by atoms with E-state index in [1.54, 1.807) is 13.8 Å². The number of rotatable bonds is 5. The maximum Gasteiger partial charge on any atom is 0.235 e. The van der Waals surface area contributed by atoms with E-state index in [2.05, 4.69) is 9.62 Å². The fourth-order valence-electron chi connectivity index (χ4n) is 1.98. The Morgan fingerprint density at radius 2 is 1.80 bits per heavy atom. The molecule has 1 aromatic rings. The maximum absolute atomic E-state index is 11.8. The molecular weight excluding hydrogens is 276 g/mol. The summed E-state index contributed by atoms with van der Waals surface area (Å²) in [5, 5.41) is -0.435. The molecule has 6 heteroatoms. The van der Waals surface area contributed by atoms with Gasteiger partial charge in [0.15, 0.2) is 0 Å². The van der Waals surface area contributed by atoms with E-state index in [0.29, 0.717) is 5.69 Å². The van der Waals surface area contributed by atoms with Gasteiger partial charge in [0.25, 0.3) is 0 Å². The number of ether oxygens (including phenoxy) is 1. The number of morpholine rings is 1. The largest absolute Gasteiger partial charge is 0.379 e. The molecule has 5 nitrogen and oxygen atoms in total. The van der Waals surface area contributed by atoms with Gasteiger partial charge in [0, 0.05) is 25.3 Å². The molecule has 1 fully saturated rings. The minimum atomic E-state index is -3.27. The number of nitrogens with zero attached hydrogens (tertiary/aromatic N) is 1. The highest BCUT2D eigenvalue weighted by Gasteiger charge is 2.15. The van der Waals surface area contributed by atoms with Crippen molar-refractivity contribution in [1.82, 2.24) is 4.90 Å². The van der Waals surface area contributed by atoms with Crippen molar-refractivity contribution in [2.45, 2.75) is 25.6 Å². The lowest BCUT2D eigenvalue weighted by Gasteiger charge is -2.26. The van der Waals surface area contributed by atoms with Crippen LogP contribution in [-0.4, -0.2) is 44.9 Å². The quantitative estimate of drug-likeness (QED) is 0.898. The Balaban J connectivity index is 1.96. The van der Waals surface area contributed by atoms with Crippen molar-refractivity contribution in [1.29, 1.82) is 0 Å². The molecule has 0 atom stereocenters. The van der Waals surface area contributed by atoms with E-state index < -0.39 is 15.3 Å². The Bertz CT molecular complexity index is 520. The number of hydrogen-bond donors (Lipinski definition) is 1. The zero-order chi connectivity index (χ0) is 14.6. The second-order valence-corrected chi connectivity index (χ2v) is 7.52. The van der Waals surface area contributed by atoms with Crippen LogP contribution >= 0.6 is 0 Å². The van der Waals surface area contributed by atoms with Gasteiger partial charge in [-0.25, -0.2) is 8.42 Å². The lowest BCUT2D eigenvalue weighted by atomic mass is 10.2. The predicted molar refractivity (Wildman–Crippen MR) is 80.2 cm³/mol. The molecule has 1 aromatic carbocycles. The zero-order valence-corrected chi connectivity index (χ0v) is 12.8. The fourth-order valence-corrected chi connectivity index (χ4v) is 2.68. The third-order valence-electron chi connectivity index (χ3n) is 3.34. The van der Waals surface area contributed by atoms with Crippen LogP contribution in [0, 0.1) is 0 Å². The maximum atomic E-state index is 11.8. The highest BCUT2D eigenvalue weighted by Crippen LogP contribution is 2.15. The van der Waals surface area contributed by atoms with Gasteiger partial charge >= 0.3 is 0 Å². The summed E-state index contributed by atoms with van der Waals surface area (Å²) in [4.78, 5) is 2.33. The van der Waals surface area contributed by atoms with Crippen molar-refractivity contribution in [2.24, 2.45) is 0 Å². The van der Waals surface area contributed by atoms with Crippen molar-refractivity contribution in [3.8, 4) is 0 Å². The van der Waals surface area contributed by atoms with Crippen LogP contribution in [0.15, 0.2) is 24.3 Å². The molecule has 1 heterocycles. The summed E-state index contributed by atoms with van der Waals surface area (Å²) in [5.41, 5.74) is 1.80. The summed E-state index contributed by atoms with van der Waals surface area (Å²) in [5.74, 6) is 0. The van der Waals surface area contributed by atoms with E-state index in [-0.39, 0.29) is 0 Å². The lowest BCUT2D eigenvalue weighted by Crippen LogP contribution is -2.35. The van der Waals surface area contributed by atoms with E-state index in [0.717, 1.165) is 32.8 Å². The molecular formula is C14H22N2O3S. The molecule has 20 heavy (non-hydrogen) atoms. The SMILES string of the molecule is CC(C)S(=O)(=O)Nc1ccc(CN2CCOCC2)cc1. The third kappa shape index (κ3) is 4.19. The van der Waals surface area contributed by atoms with Crippen molar-refractivity contribution in [3.63, 3.8) is 0 Å². The zero-order valence-electron chi connectivity index (χ0n) is 12.0. The smallest absolute Gasteiger partial charge is 0.235 e. The molecule has 1 aliphatic heterocycles. The van der Waals surface area contributed by atoms with E-state index >= 15 is 0 Å². The molecule has 1 saturated heterocycles.